The number of para-hydroxylation sites is 1. The molecule has 2 rings (SSSR count). The molecule has 0 spiro atoms. The Balaban J connectivity index is 1.83. The van der Waals surface area contributed by atoms with Crippen LogP contribution >= 0.6 is 7.60 Å². The summed E-state index contributed by atoms with van der Waals surface area (Å²) in [6.07, 6.45) is 0.696. The van der Waals surface area contributed by atoms with E-state index in [1.165, 1.54) is 0 Å². The first-order valence-electron chi connectivity index (χ1n) is 9.65. The summed E-state index contributed by atoms with van der Waals surface area (Å²) >= 11 is 0. The van der Waals surface area contributed by atoms with E-state index in [0.29, 0.717) is 17.9 Å². The summed E-state index contributed by atoms with van der Waals surface area (Å²) in [6.45, 7) is 3.78. The molecule has 1 N–H and O–H groups in total. The molecule has 1 amide bonds. The number of carbonyl (C=O) groups excluding carboxylic acids is 1. The molecule has 0 aromatic heterocycles. The highest BCUT2D eigenvalue weighted by Gasteiger charge is 2.29. The Kier molecular flexibility index (Phi) is 9.35. The summed E-state index contributed by atoms with van der Waals surface area (Å²) in [5.74, 6) is 0.793. The van der Waals surface area contributed by atoms with Gasteiger partial charge < -0.3 is 13.8 Å². The van der Waals surface area contributed by atoms with Gasteiger partial charge in [0.25, 0.3) is 5.91 Å². The van der Waals surface area contributed by atoms with E-state index in [-0.39, 0.29) is 19.8 Å². The highest BCUT2D eigenvalue weighted by molar-refractivity contribution is 7.54. The normalized spacial score (nSPS) is 11.3. The molecule has 0 aliphatic rings. The standard InChI is InChI=1S/C21H28NO6P/c1-3-26-29(25,27-4-2)17-21(23)22(24)15-9-11-18-10-8-14-20(16-18)28-19-12-6-5-7-13-19/h5-8,10,12-14,16,24H,3-4,9,11,15,17H2,1-2H3. The largest absolute Gasteiger partial charge is 0.457 e. The molecule has 0 unspecified atom stereocenters. The molecule has 0 aliphatic carbocycles. The van der Waals surface area contributed by atoms with Crippen LogP contribution in [0.3, 0.4) is 0 Å². The summed E-state index contributed by atoms with van der Waals surface area (Å²) in [5, 5.41) is 10.6. The Morgan fingerprint density at radius 1 is 1.00 bits per heavy atom. The number of ether oxygens (including phenoxy) is 1. The summed E-state index contributed by atoms with van der Waals surface area (Å²) in [7, 11) is -3.53. The number of nitrogens with zero attached hydrogens (tertiary/aromatic N) is 1. The first-order valence-corrected chi connectivity index (χ1v) is 11.4. The topological polar surface area (TPSA) is 85.3 Å². The molecular weight excluding hydrogens is 393 g/mol. The number of hydrogen-bond donors (Lipinski definition) is 1. The van der Waals surface area contributed by atoms with E-state index < -0.39 is 19.7 Å². The zero-order chi connectivity index (χ0) is 21.1. The second-order valence-corrected chi connectivity index (χ2v) is 8.34. The van der Waals surface area contributed by atoms with Crippen LogP contribution in [0.25, 0.3) is 0 Å². The minimum absolute atomic E-state index is 0.112. The van der Waals surface area contributed by atoms with E-state index in [2.05, 4.69) is 0 Å². The fraction of sp³-hybridized carbons (Fsp3) is 0.381. The van der Waals surface area contributed by atoms with Crippen LogP contribution in [0.2, 0.25) is 0 Å². The molecule has 0 radical (unpaired) electrons. The minimum atomic E-state index is -3.53. The summed E-state index contributed by atoms with van der Waals surface area (Å²) in [4.78, 5) is 12.1. The molecule has 2 aromatic rings. The Labute approximate surface area is 171 Å². The molecule has 29 heavy (non-hydrogen) atoms. The van der Waals surface area contributed by atoms with Gasteiger partial charge in [0.15, 0.2) is 0 Å². The number of amides is 1. The molecule has 158 valence electrons. The van der Waals surface area contributed by atoms with Gasteiger partial charge in [-0.2, -0.15) is 0 Å². The van der Waals surface area contributed by atoms with Crippen LogP contribution in [-0.2, 0) is 24.8 Å². The molecule has 0 atom stereocenters. The van der Waals surface area contributed by atoms with Gasteiger partial charge in [-0.15, -0.1) is 0 Å². The van der Waals surface area contributed by atoms with Crippen LogP contribution < -0.4 is 4.74 Å². The predicted octanol–water partition coefficient (Wildman–Crippen LogP) is 4.90. The third-order valence-corrected chi connectivity index (χ3v) is 5.94. The lowest BCUT2D eigenvalue weighted by Crippen LogP contribution is -2.31. The molecule has 0 fully saturated rings. The molecule has 0 bridgehead atoms. The van der Waals surface area contributed by atoms with Gasteiger partial charge in [-0.3, -0.25) is 14.6 Å². The van der Waals surface area contributed by atoms with Gasteiger partial charge >= 0.3 is 7.60 Å². The van der Waals surface area contributed by atoms with Gasteiger partial charge in [0.2, 0.25) is 0 Å². The third-order valence-electron chi connectivity index (χ3n) is 3.98. The third kappa shape index (κ3) is 7.99. The SMILES string of the molecule is CCOP(=O)(CC(=O)N(O)CCCc1cccc(Oc2ccccc2)c1)OCC. The Bertz CT molecular complexity index is 804. The van der Waals surface area contributed by atoms with Crippen LogP contribution in [-0.4, -0.2) is 42.1 Å². The lowest BCUT2D eigenvalue weighted by atomic mass is 10.1. The average molecular weight is 421 g/mol. The van der Waals surface area contributed by atoms with Crippen LogP contribution in [0.1, 0.15) is 25.8 Å². The lowest BCUT2D eigenvalue weighted by Gasteiger charge is -2.20. The Morgan fingerprint density at radius 3 is 2.31 bits per heavy atom. The summed E-state index contributed by atoms with van der Waals surface area (Å²) in [6, 6.07) is 17.1. The van der Waals surface area contributed by atoms with Crippen molar-refractivity contribution in [2.75, 3.05) is 25.9 Å². The van der Waals surface area contributed by atoms with Gasteiger partial charge in [-0.05, 0) is 56.5 Å². The van der Waals surface area contributed by atoms with E-state index >= 15 is 0 Å². The zero-order valence-electron chi connectivity index (χ0n) is 16.8. The van der Waals surface area contributed by atoms with Crippen molar-refractivity contribution in [3.63, 3.8) is 0 Å². The van der Waals surface area contributed by atoms with E-state index in [0.717, 1.165) is 17.1 Å². The maximum absolute atomic E-state index is 12.4. The Morgan fingerprint density at radius 2 is 1.66 bits per heavy atom. The predicted molar refractivity (Wildman–Crippen MR) is 111 cm³/mol. The molecule has 0 saturated heterocycles. The van der Waals surface area contributed by atoms with E-state index in [1.54, 1.807) is 13.8 Å². The number of hydroxylamine groups is 2. The minimum Gasteiger partial charge on any atom is -0.457 e. The highest BCUT2D eigenvalue weighted by atomic mass is 31.2. The van der Waals surface area contributed by atoms with Crippen molar-refractivity contribution < 1.29 is 28.4 Å². The molecule has 0 aliphatic heterocycles. The van der Waals surface area contributed by atoms with Gasteiger partial charge in [0, 0.05) is 6.54 Å². The number of carbonyl (C=O) groups is 1. The van der Waals surface area contributed by atoms with E-state index in [1.807, 2.05) is 54.6 Å². The van der Waals surface area contributed by atoms with Gasteiger partial charge in [-0.25, -0.2) is 5.06 Å². The highest BCUT2D eigenvalue weighted by Crippen LogP contribution is 2.47. The summed E-state index contributed by atoms with van der Waals surface area (Å²) in [5.41, 5.74) is 1.02. The first kappa shape index (κ1) is 23.1. The molecular formula is C21H28NO6P. The van der Waals surface area contributed by atoms with Crippen LogP contribution in [0.5, 0.6) is 11.5 Å². The molecule has 8 heteroatoms. The van der Waals surface area contributed by atoms with E-state index in [9.17, 15) is 14.6 Å². The fourth-order valence-corrected chi connectivity index (χ4v) is 4.25. The van der Waals surface area contributed by atoms with Crippen LogP contribution in [0.15, 0.2) is 54.6 Å². The van der Waals surface area contributed by atoms with Crippen molar-refractivity contribution >= 4 is 13.5 Å². The molecule has 2 aromatic carbocycles. The van der Waals surface area contributed by atoms with Crippen molar-refractivity contribution in [3.05, 3.63) is 60.2 Å². The van der Waals surface area contributed by atoms with Gasteiger partial charge in [-0.1, -0.05) is 30.3 Å². The number of hydrogen-bond acceptors (Lipinski definition) is 6. The molecule has 0 heterocycles. The second kappa shape index (κ2) is 11.7. The molecule has 7 nitrogen and oxygen atoms in total. The fourth-order valence-electron chi connectivity index (χ4n) is 2.72. The van der Waals surface area contributed by atoms with Gasteiger partial charge in [0.05, 0.1) is 13.2 Å². The van der Waals surface area contributed by atoms with Crippen molar-refractivity contribution in [2.45, 2.75) is 26.7 Å². The van der Waals surface area contributed by atoms with E-state index in [4.69, 9.17) is 13.8 Å². The van der Waals surface area contributed by atoms with Crippen molar-refractivity contribution in [1.82, 2.24) is 5.06 Å². The number of rotatable bonds is 12. The maximum atomic E-state index is 12.4. The average Bonchev–Trinajstić information content (AvgIpc) is 2.69. The van der Waals surface area contributed by atoms with Crippen LogP contribution in [0, 0.1) is 0 Å². The smallest absolute Gasteiger partial charge is 0.340 e. The van der Waals surface area contributed by atoms with Gasteiger partial charge in [0.1, 0.15) is 17.7 Å². The maximum Gasteiger partial charge on any atom is 0.340 e. The first-order chi connectivity index (χ1) is 14.0. The second-order valence-electron chi connectivity index (χ2n) is 6.29. The monoisotopic (exact) mass is 421 g/mol. The van der Waals surface area contributed by atoms with Crippen molar-refractivity contribution in [2.24, 2.45) is 0 Å². The number of aryl methyl sites for hydroxylation is 1. The zero-order valence-corrected chi connectivity index (χ0v) is 17.7. The van der Waals surface area contributed by atoms with Crippen molar-refractivity contribution in [3.8, 4) is 11.5 Å². The Hall–Kier alpha value is -2.18. The number of benzene rings is 2. The quantitative estimate of drug-likeness (QED) is 0.298. The molecule has 0 saturated carbocycles. The summed E-state index contributed by atoms with van der Waals surface area (Å²) < 4.78 is 28.4. The van der Waals surface area contributed by atoms with Crippen molar-refractivity contribution in [1.29, 1.82) is 0 Å². The lowest BCUT2D eigenvalue weighted by molar-refractivity contribution is -0.162. The van der Waals surface area contributed by atoms with Crippen LogP contribution in [0.4, 0.5) is 0 Å².